The van der Waals surface area contributed by atoms with E-state index in [1.54, 1.807) is 0 Å². The van der Waals surface area contributed by atoms with E-state index in [-0.39, 0.29) is 15.7 Å². The molecule has 1 aromatic carbocycles. The monoisotopic (exact) mass is 334 g/mol. The maximum absolute atomic E-state index is 13.1. The number of amides is 2. The highest BCUT2D eigenvalue weighted by molar-refractivity contribution is 6.39. The second kappa shape index (κ2) is 6.49. The van der Waals surface area contributed by atoms with Crippen LogP contribution in [0.5, 0.6) is 0 Å². The van der Waals surface area contributed by atoms with Gasteiger partial charge in [-0.25, -0.2) is 14.0 Å². The minimum atomic E-state index is -1.05. The van der Waals surface area contributed by atoms with Gasteiger partial charge in [-0.05, 0) is 31.4 Å². The minimum absolute atomic E-state index is 0.0442. The molecule has 0 saturated carbocycles. The Balaban J connectivity index is 2.19. The van der Waals surface area contributed by atoms with Crippen LogP contribution in [0.4, 0.5) is 14.9 Å². The van der Waals surface area contributed by atoms with Crippen molar-refractivity contribution in [1.29, 1.82) is 0 Å². The Labute approximate surface area is 130 Å². The molecule has 2 N–H and O–H groups in total. The van der Waals surface area contributed by atoms with Gasteiger partial charge in [-0.15, -0.1) is 0 Å². The fourth-order valence-corrected chi connectivity index (χ4v) is 2.83. The third-order valence-electron chi connectivity index (χ3n) is 3.29. The number of nitrogens with one attached hydrogen (secondary N) is 1. The standard InChI is InChI=1S/C13H13Cl2FN2O3/c14-8-5-7(16)6-9(15)11(8)17-13(21)18-4-2-1-3-10(18)12(19)20/h5-6,10H,1-4H2,(H,17,21)(H,19,20). The molecule has 0 spiro atoms. The molecule has 1 saturated heterocycles. The molecule has 1 aliphatic rings. The van der Waals surface area contributed by atoms with Crippen molar-refractivity contribution in [3.63, 3.8) is 0 Å². The number of carbonyl (C=O) groups is 2. The lowest BCUT2D eigenvalue weighted by molar-refractivity contribution is -0.143. The minimum Gasteiger partial charge on any atom is -0.480 e. The number of piperidine rings is 1. The number of likely N-dealkylation sites (tertiary alicyclic amines) is 1. The number of carboxylic acid groups (broad SMARTS) is 1. The summed E-state index contributed by atoms with van der Waals surface area (Å²) in [7, 11) is 0. The van der Waals surface area contributed by atoms with Crippen LogP contribution in [0.2, 0.25) is 10.0 Å². The molecule has 0 radical (unpaired) electrons. The van der Waals surface area contributed by atoms with Crippen LogP contribution >= 0.6 is 23.2 Å². The van der Waals surface area contributed by atoms with Gasteiger partial charge in [0, 0.05) is 6.54 Å². The lowest BCUT2D eigenvalue weighted by atomic mass is 10.0. The van der Waals surface area contributed by atoms with Crippen molar-refractivity contribution in [1.82, 2.24) is 4.90 Å². The smallest absolute Gasteiger partial charge is 0.326 e. The predicted molar refractivity (Wildman–Crippen MR) is 77.4 cm³/mol. The number of carboxylic acids is 1. The van der Waals surface area contributed by atoms with Crippen molar-refractivity contribution >= 4 is 40.9 Å². The van der Waals surface area contributed by atoms with Crippen molar-refractivity contribution in [2.45, 2.75) is 25.3 Å². The first-order chi connectivity index (χ1) is 9.90. The molecule has 1 unspecified atom stereocenters. The SMILES string of the molecule is O=C(O)C1CCCCN1C(=O)Nc1c(Cl)cc(F)cc1Cl. The first-order valence-electron chi connectivity index (χ1n) is 6.35. The molecule has 2 rings (SSSR count). The summed E-state index contributed by atoms with van der Waals surface area (Å²) in [5.41, 5.74) is 0.0689. The Morgan fingerprint density at radius 3 is 2.48 bits per heavy atom. The van der Waals surface area contributed by atoms with Crippen molar-refractivity contribution in [2.75, 3.05) is 11.9 Å². The van der Waals surface area contributed by atoms with Gasteiger partial charge in [0.2, 0.25) is 0 Å². The summed E-state index contributed by atoms with van der Waals surface area (Å²) in [4.78, 5) is 24.6. The fourth-order valence-electron chi connectivity index (χ4n) is 2.27. The molecule has 0 aromatic heterocycles. The van der Waals surface area contributed by atoms with E-state index in [9.17, 15) is 14.0 Å². The molecule has 1 heterocycles. The highest BCUT2D eigenvalue weighted by Gasteiger charge is 2.32. The number of urea groups is 1. The van der Waals surface area contributed by atoms with Crippen LogP contribution in [-0.4, -0.2) is 34.6 Å². The molecule has 5 nitrogen and oxygen atoms in total. The van der Waals surface area contributed by atoms with Gasteiger partial charge in [-0.1, -0.05) is 23.2 Å². The quantitative estimate of drug-likeness (QED) is 0.868. The predicted octanol–water partition coefficient (Wildman–Crippen LogP) is 3.60. The topological polar surface area (TPSA) is 69.6 Å². The molecule has 0 aliphatic carbocycles. The molecule has 114 valence electrons. The first kappa shape index (κ1) is 15.9. The van der Waals surface area contributed by atoms with Crippen LogP contribution in [0.1, 0.15) is 19.3 Å². The van der Waals surface area contributed by atoms with Gasteiger partial charge in [0.1, 0.15) is 11.9 Å². The number of anilines is 1. The van der Waals surface area contributed by atoms with Gasteiger partial charge in [0.25, 0.3) is 0 Å². The van der Waals surface area contributed by atoms with Gasteiger partial charge in [-0.3, -0.25) is 0 Å². The zero-order chi connectivity index (χ0) is 15.6. The highest BCUT2D eigenvalue weighted by atomic mass is 35.5. The Morgan fingerprint density at radius 2 is 1.90 bits per heavy atom. The number of aliphatic carboxylic acids is 1. The van der Waals surface area contributed by atoms with Crippen LogP contribution in [0.3, 0.4) is 0 Å². The first-order valence-corrected chi connectivity index (χ1v) is 7.10. The van der Waals surface area contributed by atoms with Crippen molar-refractivity contribution < 1.29 is 19.1 Å². The fraction of sp³-hybridized carbons (Fsp3) is 0.385. The second-order valence-corrected chi connectivity index (χ2v) is 5.53. The summed E-state index contributed by atoms with van der Waals surface area (Å²) in [5.74, 6) is -1.68. The number of rotatable bonds is 2. The second-order valence-electron chi connectivity index (χ2n) is 4.72. The van der Waals surface area contributed by atoms with Crippen LogP contribution in [0, 0.1) is 5.82 Å². The highest BCUT2D eigenvalue weighted by Crippen LogP contribution is 2.32. The molecule has 1 aliphatic heterocycles. The summed E-state index contributed by atoms with van der Waals surface area (Å²) in [5, 5.41) is 11.5. The molecule has 8 heteroatoms. The number of hydrogen-bond acceptors (Lipinski definition) is 2. The largest absolute Gasteiger partial charge is 0.480 e. The molecule has 1 aromatic rings. The van der Waals surface area contributed by atoms with E-state index in [2.05, 4.69) is 5.32 Å². The summed E-state index contributed by atoms with van der Waals surface area (Å²) in [6.07, 6.45) is 1.87. The number of nitrogens with zero attached hydrogens (tertiary/aromatic N) is 1. The molecule has 1 fully saturated rings. The van der Waals surface area contributed by atoms with E-state index in [4.69, 9.17) is 28.3 Å². The van der Waals surface area contributed by atoms with Crippen LogP contribution in [-0.2, 0) is 4.79 Å². The maximum atomic E-state index is 13.1. The van der Waals surface area contributed by atoms with E-state index < -0.39 is 23.9 Å². The van der Waals surface area contributed by atoms with E-state index in [1.165, 1.54) is 4.90 Å². The molecule has 1 atom stereocenters. The van der Waals surface area contributed by atoms with Crippen LogP contribution in [0.15, 0.2) is 12.1 Å². The molecular formula is C13H13Cl2FN2O3. The van der Waals surface area contributed by atoms with Crippen molar-refractivity contribution in [2.24, 2.45) is 0 Å². The summed E-state index contributed by atoms with van der Waals surface area (Å²) in [6.45, 7) is 0.333. The lowest BCUT2D eigenvalue weighted by Gasteiger charge is -2.33. The van der Waals surface area contributed by atoms with E-state index in [0.29, 0.717) is 13.0 Å². The Kier molecular flexibility index (Phi) is 4.90. The average molecular weight is 335 g/mol. The van der Waals surface area contributed by atoms with E-state index in [0.717, 1.165) is 25.0 Å². The van der Waals surface area contributed by atoms with Crippen LogP contribution < -0.4 is 5.32 Å². The van der Waals surface area contributed by atoms with Crippen molar-refractivity contribution in [3.8, 4) is 0 Å². The summed E-state index contributed by atoms with van der Waals surface area (Å²) in [6, 6.07) is 0.552. The molecular weight excluding hydrogens is 322 g/mol. The maximum Gasteiger partial charge on any atom is 0.326 e. The number of benzene rings is 1. The number of carbonyl (C=O) groups excluding carboxylic acids is 1. The average Bonchev–Trinajstić information content (AvgIpc) is 2.42. The molecule has 2 amide bonds. The van der Waals surface area contributed by atoms with Crippen molar-refractivity contribution in [3.05, 3.63) is 28.0 Å². The van der Waals surface area contributed by atoms with Gasteiger partial charge in [-0.2, -0.15) is 0 Å². The van der Waals surface area contributed by atoms with Gasteiger partial charge < -0.3 is 15.3 Å². The number of hydrogen-bond donors (Lipinski definition) is 2. The molecule has 21 heavy (non-hydrogen) atoms. The Bertz CT molecular complexity index is 560. The van der Waals surface area contributed by atoms with E-state index in [1.807, 2.05) is 0 Å². The summed E-state index contributed by atoms with van der Waals surface area (Å²) >= 11 is 11.7. The van der Waals surface area contributed by atoms with Gasteiger partial charge in [0.15, 0.2) is 0 Å². The number of halogens is 3. The third-order valence-corrected chi connectivity index (χ3v) is 3.88. The van der Waals surface area contributed by atoms with Gasteiger partial charge >= 0.3 is 12.0 Å². The molecule has 0 bridgehead atoms. The normalized spacial score (nSPS) is 18.4. The zero-order valence-electron chi connectivity index (χ0n) is 10.9. The third kappa shape index (κ3) is 3.57. The van der Waals surface area contributed by atoms with E-state index >= 15 is 0 Å². The Hall–Kier alpha value is -1.53. The lowest BCUT2D eigenvalue weighted by Crippen LogP contribution is -2.49. The summed E-state index contributed by atoms with van der Waals surface area (Å²) < 4.78 is 13.1. The van der Waals surface area contributed by atoms with Crippen LogP contribution in [0.25, 0.3) is 0 Å². The zero-order valence-corrected chi connectivity index (χ0v) is 12.4. The van der Waals surface area contributed by atoms with Gasteiger partial charge in [0.05, 0.1) is 15.7 Å². The Morgan fingerprint density at radius 1 is 1.29 bits per heavy atom.